The van der Waals surface area contributed by atoms with Gasteiger partial charge in [-0.15, -0.1) is 0 Å². The van der Waals surface area contributed by atoms with Gasteiger partial charge >= 0.3 is 0 Å². The second-order valence-electron chi connectivity index (χ2n) is 6.47. The van der Waals surface area contributed by atoms with Crippen molar-refractivity contribution in [3.8, 4) is 5.75 Å². The van der Waals surface area contributed by atoms with Gasteiger partial charge in [-0.3, -0.25) is 14.3 Å². The molecule has 2 amide bonds. The zero-order chi connectivity index (χ0) is 18.0. The smallest absolute Gasteiger partial charge is 0.257 e. The highest BCUT2D eigenvalue weighted by Gasteiger charge is 2.36. The molecule has 7 heteroatoms. The minimum absolute atomic E-state index is 0.0794. The normalized spacial score (nSPS) is 19.8. The standard InChI is InChI=1S/C18H22N4O3/c1-12-8-21(11-16(12)17(19)23)18(24)14-7-20-22(10-14)9-13-3-5-15(25-2)6-4-13/h3-7,10,12,16H,8-9,11H2,1-2H3,(H2,19,23)/t12-,16-/m1/s1. The third-order valence-electron chi connectivity index (χ3n) is 4.65. The van der Waals surface area contributed by atoms with E-state index in [2.05, 4.69) is 5.10 Å². The Bertz CT molecular complexity index is 769. The number of hydrogen-bond acceptors (Lipinski definition) is 4. The molecule has 1 aromatic carbocycles. The molecule has 2 heterocycles. The summed E-state index contributed by atoms with van der Waals surface area (Å²) in [7, 11) is 1.63. The molecule has 0 spiro atoms. The lowest BCUT2D eigenvalue weighted by Gasteiger charge is -2.14. The molecule has 0 bridgehead atoms. The van der Waals surface area contributed by atoms with E-state index in [0.717, 1.165) is 11.3 Å². The van der Waals surface area contributed by atoms with Crippen LogP contribution in [0.3, 0.4) is 0 Å². The zero-order valence-corrected chi connectivity index (χ0v) is 14.4. The summed E-state index contributed by atoms with van der Waals surface area (Å²) in [5.74, 6) is 0.135. The maximum atomic E-state index is 12.6. The fraction of sp³-hybridized carbons (Fsp3) is 0.389. The fourth-order valence-electron chi connectivity index (χ4n) is 3.16. The van der Waals surface area contributed by atoms with Gasteiger partial charge in [-0.05, 0) is 23.6 Å². The molecule has 0 saturated carbocycles. The molecule has 25 heavy (non-hydrogen) atoms. The van der Waals surface area contributed by atoms with Crippen LogP contribution in [-0.2, 0) is 11.3 Å². The molecule has 1 aliphatic heterocycles. The summed E-state index contributed by atoms with van der Waals surface area (Å²) in [6.45, 7) is 3.42. The fourth-order valence-corrected chi connectivity index (χ4v) is 3.16. The van der Waals surface area contributed by atoms with Gasteiger partial charge in [0.2, 0.25) is 5.91 Å². The Morgan fingerprint density at radius 2 is 2.00 bits per heavy atom. The van der Waals surface area contributed by atoms with E-state index < -0.39 is 0 Å². The van der Waals surface area contributed by atoms with Crippen LogP contribution < -0.4 is 10.5 Å². The Morgan fingerprint density at radius 1 is 1.28 bits per heavy atom. The van der Waals surface area contributed by atoms with E-state index in [-0.39, 0.29) is 23.7 Å². The van der Waals surface area contributed by atoms with Crippen molar-refractivity contribution in [2.45, 2.75) is 13.5 Å². The number of carbonyl (C=O) groups is 2. The Hall–Kier alpha value is -2.83. The summed E-state index contributed by atoms with van der Waals surface area (Å²) < 4.78 is 6.86. The predicted molar refractivity (Wildman–Crippen MR) is 92.1 cm³/mol. The predicted octanol–water partition coefficient (Wildman–Crippen LogP) is 1.13. The summed E-state index contributed by atoms with van der Waals surface area (Å²) in [4.78, 5) is 25.7. The molecular weight excluding hydrogens is 320 g/mol. The van der Waals surface area contributed by atoms with Crippen LogP contribution >= 0.6 is 0 Å². The van der Waals surface area contributed by atoms with E-state index in [0.29, 0.717) is 25.2 Å². The van der Waals surface area contributed by atoms with Crippen LogP contribution in [0.5, 0.6) is 5.75 Å². The first-order valence-corrected chi connectivity index (χ1v) is 8.22. The van der Waals surface area contributed by atoms with Gasteiger partial charge in [0.05, 0.1) is 31.3 Å². The number of benzene rings is 1. The number of hydrogen-bond donors (Lipinski definition) is 1. The molecule has 2 aromatic rings. The molecule has 0 aliphatic carbocycles. The molecule has 3 rings (SSSR count). The van der Waals surface area contributed by atoms with Crippen molar-refractivity contribution in [2.75, 3.05) is 20.2 Å². The number of nitrogens with two attached hydrogens (primary N) is 1. The average Bonchev–Trinajstić information content (AvgIpc) is 3.21. The van der Waals surface area contributed by atoms with Crippen LogP contribution in [0.1, 0.15) is 22.8 Å². The Morgan fingerprint density at radius 3 is 2.60 bits per heavy atom. The first-order valence-electron chi connectivity index (χ1n) is 8.22. The van der Waals surface area contributed by atoms with Gasteiger partial charge in [-0.2, -0.15) is 5.10 Å². The number of carbonyl (C=O) groups excluding carboxylic acids is 2. The maximum absolute atomic E-state index is 12.6. The lowest BCUT2D eigenvalue weighted by Crippen LogP contribution is -2.31. The summed E-state index contributed by atoms with van der Waals surface area (Å²) in [6.07, 6.45) is 3.29. The van der Waals surface area contributed by atoms with E-state index in [9.17, 15) is 9.59 Å². The molecule has 2 atom stereocenters. The molecule has 1 aliphatic rings. The first kappa shape index (κ1) is 17.0. The summed E-state index contributed by atoms with van der Waals surface area (Å²) in [5.41, 5.74) is 6.98. The van der Waals surface area contributed by atoms with Crippen LogP contribution in [0.15, 0.2) is 36.7 Å². The van der Waals surface area contributed by atoms with Crippen LogP contribution in [0.4, 0.5) is 0 Å². The highest BCUT2D eigenvalue weighted by Crippen LogP contribution is 2.24. The van der Waals surface area contributed by atoms with Gasteiger partial charge in [0.1, 0.15) is 5.75 Å². The minimum Gasteiger partial charge on any atom is -0.497 e. The van der Waals surface area contributed by atoms with Crippen molar-refractivity contribution in [3.05, 3.63) is 47.8 Å². The number of likely N-dealkylation sites (tertiary alicyclic amines) is 1. The first-order chi connectivity index (χ1) is 12.0. The lowest BCUT2D eigenvalue weighted by molar-refractivity contribution is -0.122. The number of rotatable bonds is 5. The highest BCUT2D eigenvalue weighted by atomic mass is 16.5. The molecule has 0 unspecified atom stereocenters. The van der Waals surface area contributed by atoms with Crippen molar-refractivity contribution >= 4 is 11.8 Å². The number of primary amides is 1. The summed E-state index contributed by atoms with van der Waals surface area (Å²) in [5, 5.41) is 4.27. The third kappa shape index (κ3) is 3.65. The molecule has 1 aromatic heterocycles. The van der Waals surface area contributed by atoms with Gasteiger partial charge in [-0.1, -0.05) is 19.1 Å². The average molecular weight is 342 g/mol. The van der Waals surface area contributed by atoms with Crippen LogP contribution in [0, 0.1) is 11.8 Å². The second kappa shape index (κ2) is 6.96. The van der Waals surface area contributed by atoms with Crippen LogP contribution in [0.2, 0.25) is 0 Å². The number of aromatic nitrogens is 2. The number of nitrogens with zero attached hydrogens (tertiary/aromatic N) is 3. The van der Waals surface area contributed by atoms with Crippen LogP contribution in [0.25, 0.3) is 0 Å². The number of amides is 2. The quantitative estimate of drug-likeness (QED) is 0.882. The minimum atomic E-state index is -0.349. The Labute approximate surface area is 146 Å². The van der Waals surface area contributed by atoms with E-state index in [1.165, 1.54) is 0 Å². The van der Waals surface area contributed by atoms with E-state index in [1.807, 2.05) is 31.2 Å². The lowest BCUT2D eigenvalue weighted by atomic mass is 9.98. The van der Waals surface area contributed by atoms with Crippen molar-refractivity contribution in [1.82, 2.24) is 14.7 Å². The molecule has 7 nitrogen and oxygen atoms in total. The SMILES string of the molecule is COc1ccc(Cn2cc(C(=O)N3C[C@@H](C)[C@H](C(N)=O)C3)cn2)cc1. The van der Waals surface area contributed by atoms with Crippen molar-refractivity contribution in [2.24, 2.45) is 17.6 Å². The van der Waals surface area contributed by atoms with E-state index in [1.54, 1.807) is 29.1 Å². The van der Waals surface area contributed by atoms with Gasteiger partial charge < -0.3 is 15.4 Å². The monoisotopic (exact) mass is 342 g/mol. The number of methoxy groups -OCH3 is 1. The third-order valence-corrected chi connectivity index (χ3v) is 4.65. The van der Waals surface area contributed by atoms with Gasteiger partial charge in [0, 0.05) is 19.3 Å². The maximum Gasteiger partial charge on any atom is 0.257 e. The van der Waals surface area contributed by atoms with Crippen molar-refractivity contribution in [3.63, 3.8) is 0 Å². The number of ether oxygens (including phenoxy) is 1. The van der Waals surface area contributed by atoms with Crippen molar-refractivity contribution < 1.29 is 14.3 Å². The highest BCUT2D eigenvalue weighted by molar-refractivity contribution is 5.94. The zero-order valence-electron chi connectivity index (χ0n) is 14.4. The summed E-state index contributed by atoms with van der Waals surface area (Å²) in [6, 6.07) is 7.70. The molecule has 0 radical (unpaired) electrons. The van der Waals surface area contributed by atoms with Crippen molar-refractivity contribution in [1.29, 1.82) is 0 Å². The summed E-state index contributed by atoms with van der Waals surface area (Å²) >= 11 is 0. The molecule has 1 saturated heterocycles. The second-order valence-corrected chi connectivity index (χ2v) is 6.47. The Kier molecular flexibility index (Phi) is 4.74. The van der Waals surface area contributed by atoms with E-state index >= 15 is 0 Å². The Balaban J connectivity index is 1.66. The molecule has 1 fully saturated rings. The van der Waals surface area contributed by atoms with E-state index in [4.69, 9.17) is 10.5 Å². The van der Waals surface area contributed by atoms with Gasteiger partial charge in [0.25, 0.3) is 5.91 Å². The molecule has 132 valence electrons. The molecular formula is C18H22N4O3. The van der Waals surface area contributed by atoms with Gasteiger partial charge in [0.15, 0.2) is 0 Å². The topological polar surface area (TPSA) is 90.5 Å². The largest absolute Gasteiger partial charge is 0.497 e. The van der Waals surface area contributed by atoms with Gasteiger partial charge in [-0.25, -0.2) is 0 Å². The van der Waals surface area contributed by atoms with Crippen LogP contribution in [-0.4, -0.2) is 46.7 Å². The molecule has 2 N–H and O–H groups in total.